The largest absolute Gasteiger partial charge is 0.233 e. The molecule has 0 aromatic heterocycles. The van der Waals surface area contributed by atoms with E-state index in [0.29, 0.717) is 15.8 Å². The van der Waals surface area contributed by atoms with Crippen LogP contribution in [0.5, 0.6) is 0 Å². The Balaban J connectivity index is 2.96. The molecular formula is C14H6O2. The molecule has 0 bridgehead atoms. The van der Waals surface area contributed by atoms with Gasteiger partial charge in [-0.25, -0.2) is 9.59 Å². The zero-order chi connectivity index (χ0) is 11.1. The van der Waals surface area contributed by atoms with Gasteiger partial charge in [-0.2, -0.15) is 0 Å². The van der Waals surface area contributed by atoms with E-state index in [4.69, 9.17) is 0 Å². The van der Waals surface area contributed by atoms with Gasteiger partial charge >= 0.3 is 0 Å². The van der Waals surface area contributed by atoms with Crippen LogP contribution in [0.4, 0.5) is 0 Å². The van der Waals surface area contributed by atoms with Gasteiger partial charge in [-0.15, -0.1) is 0 Å². The van der Waals surface area contributed by atoms with E-state index < -0.39 is 0 Å². The van der Waals surface area contributed by atoms with Crippen molar-refractivity contribution in [1.82, 2.24) is 0 Å². The minimum atomic E-state index is 0.419. The fourth-order valence-corrected chi connectivity index (χ4v) is 2.18. The van der Waals surface area contributed by atoms with E-state index in [1.165, 1.54) is 0 Å². The Kier molecular flexibility index (Phi) is 1.69. The van der Waals surface area contributed by atoms with Crippen molar-refractivity contribution in [3.63, 3.8) is 0 Å². The SMILES string of the molecule is O=C=c1ccc2c3c(ccc(=C=O)c13)=CC=2. The fraction of sp³-hybridized carbons (Fsp3) is 0. The lowest BCUT2D eigenvalue weighted by Gasteiger charge is -1.96. The first-order chi connectivity index (χ1) is 7.85. The summed E-state index contributed by atoms with van der Waals surface area (Å²) in [5.41, 5.74) is 0. The molecule has 2 aromatic rings. The highest BCUT2D eigenvalue weighted by Crippen LogP contribution is 1.97. The summed E-state index contributed by atoms with van der Waals surface area (Å²) in [5.74, 6) is 3.74. The van der Waals surface area contributed by atoms with Gasteiger partial charge < -0.3 is 0 Å². The molecule has 2 nitrogen and oxygen atoms in total. The molecule has 0 aliphatic heterocycles. The first kappa shape index (κ1) is 8.87. The van der Waals surface area contributed by atoms with E-state index in [1.54, 1.807) is 12.1 Å². The van der Waals surface area contributed by atoms with Gasteiger partial charge in [0.15, 0.2) is 0 Å². The van der Waals surface area contributed by atoms with Crippen molar-refractivity contribution >= 4 is 34.8 Å². The number of benzene rings is 2. The lowest BCUT2D eigenvalue weighted by Crippen LogP contribution is -2.24. The molecule has 1 aliphatic rings. The molecule has 0 heterocycles. The Hall–Kier alpha value is -2.40. The minimum Gasteiger partial charge on any atom is -0.233 e. The normalized spacial score (nSPS) is 11.5. The molecule has 16 heavy (non-hydrogen) atoms. The number of hydrogen-bond acceptors (Lipinski definition) is 2. The van der Waals surface area contributed by atoms with Gasteiger partial charge in [-0.1, -0.05) is 24.3 Å². The summed E-state index contributed by atoms with van der Waals surface area (Å²) in [4.78, 5) is 21.7. The predicted octanol–water partition coefficient (Wildman–Crippen LogP) is -1.58. The molecule has 74 valence electrons. The molecule has 3 rings (SSSR count). The zero-order valence-corrected chi connectivity index (χ0v) is 8.28. The monoisotopic (exact) mass is 206 g/mol. The van der Waals surface area contributed by atoms with Gasteiger partial charge in [0.05, 0.1) is 10.4 Å². The molecule has 0 radical (unpaired) electrons. The quantitative estimate of drug-likeness (QED) is 0.521. The third-order valence-corrected chi connectivity index (χ3v) is 2.89. The Morgan fingerprint density at radius 2 is 1.19 bits per heavy atom. The Labute approximate surface area is 90.1 Å². The van der Waals surface area contributed by atoms with Crippen molar-refractivity contribution in [1.29, 1.82) is 0 Å². The first-order valence-electron chi connectivity index (χ1n) is 4.89. The van der Waals surface area contributed by atoms with Gasteiger partial charge in [0.2, 0.25) is 0 Å². The van der Waals surface area contributed by atoms with Crippen LogP contribution in [-0.2, 0) is 9.59 Å². The van der Waals surface area contributed by atoms with Crippen LogP contribution in [0.1, 0.15) is 0 Å². The number of rotatable bonds is 0. The average molecular weight is 206 g/mol. The standard InChI is InChI=1S/C14H6O2/c15-7-11-5-3-9-1-2-10-4-6-12(8-16)14(11)13(9)10/h1-6H. The molecule has 2 heteroatoms. The lowest BCUT2D eigenvalue weighted by molar-refractivity contribution is 0.567. The maximum absolute atomic E-state index is 10.9. The highest BCUT2D eigenvalue weighted by atomic mass is 16.1. The molecule has 0 atom stereocenters. The highest BCUT2D eigenvalue weighted by molar-refractivity contribution is 5.94. The summed E-state index contributed by atoms with van der Waals surface area (Å²) in [6.07, 6.45) is 3.95. The van der Waals surface area contributed by atoms with Crippen LogP contribution in [-0.4, -0.2) is 11.9 Å². The fourth-order valence-electron chi connectivity index (χ4n) is 2.18. The summed E-state index contributed by atoms with van der Waals surface area (Å²) in [6.45, 7) is 0. The smallest absolute Gasteiger partial charge is 0.133 e. The van der Waals surface area contributed by atoms with E-state index in [0.717, 1.165) is 15.8 Å². The molecule has 0 saturated carbocycles. The summed E-state index contributed by atoms with van der Waals surface area (Å²) in [5, 5.41) is 4.50. The molecular weight excluding hydrogens is 200 g/mol. The second kappa shape index (κ2) is 3.04. The zero-order valence-electron chi connectivity index (χ0n) is 8.28. The Bertz CT molecular complexity index is 822. The lowest BCUT2D eigenvalue weighted by atomic mass is 10.0. The van der Waals surface area contributed by atoms with Gasteiger partial charge in [-0.3, -0.25) is 0 Å². The van der Waals surface area contributed by atoms with Crippen LogP contribution in [0.25, 0.3) is 22.9 Å². The van der Waals surface area contributed by atoms with Crippen molar-refractivity contribution < 1.29 is 9.59 Å². The topological polar surface area (TPSA) is 34.1 Å². The maximum Gasteiger partial charge on any atom is 0.133 e. The molecule has 2 aromatic carbocycles. The van der Waals surface area contributed by atoms with Crippen LogP contribution in [0.15, 0.2) is 24.3 Å². The molecule has 0 saturated heterocycles. The number of hydrogen-bond donors (Lipinski definition) is 0. The van der Waals surface area contributed by atoms with Crippen LogP contribution in [0, 0.1) is 0 Å². The van der Waals surface area contributed by atoms with E-state index in [1.807, 2.05) is 36.2 Å². The highest BCUT2D eigenvalue weighted by Gasteiger charge is 2.04. The third kappa shape index (κ3) is 0.973. The second-order valence-electron chi connectivity index (χ2n) is 3.69. The van der Waals surface area contributed by atoms with Crippen LogP contribution >= 0.6 is 0 Å². The van der Waals surface area contributed by atoms with Crippen molar-refractivity contribution in [3.8, 4) is 0 Å². The maximum atomic E-state index is 10.9. The molecule has 0 fully saturated rings. The van der Waals surface area contributed by atoms with Gasteiger partial charge in [0.1, 0.15) is 11.9 Å². The van der Waals surface area contributed by atoms with Crippen LogP contribution < -0.4 is 20.9 Å². The minimum absolute atomic E-state index is 0.419. The summed E-state index contributed by atoms with van der Waals surface area (Å²) < 4.78 is 0. The number of carbonyl (C=O) groups excluding carboxylic acids is 2. The second-order valence-corrected chi connectivity index (χ2v) is 3.69. The van der Waals surface area contributed by atoms with Crippen molar-refractivity contribution in [2.24, 2.45) is 0 Å². The van der Waals surface area contributed by atoms with E-state index in [-0.39, 0.29) is 0 Å². The summed E-state index contributed by atoms with van der Waals surface area (Å²) in [7, 11) is 0. The Morgan fingerprint density at radius 1 is 0.688 bits per heavy atom. The molecule has 0 N–H and O–H groups in total. The molecule has 0 spiro atoms. The van der Waals surface area contributed by atoms with Crippen molar-refractivity contribution in [3.05, 3.63) is 45.1 Å². The van der Waals surface area contributed by atoms with Gasteiger partial charge in [-0.05, 0) is 28.0 Å². The van der Waals surface area contributed by atoms with E-state index in [2.05, 4.69) is 0 Å². The van der Waals surface area contributed by atoms with Crippen LogP contribution in [0.2, 0.25) is 0 Å². The summed E-state index contributed by atoms with van der Waals surface area (Å²) in [6, 6.07) is 7.10. The predicted molar refractivity (Wildman–Crippen MR) is 61.0 cm³/mol. The Morgan fingerprint density at radius 3 is 1.62 bits per heavy atom. The molecule has 0 amide bonds. The van der Waals surface area contributed by atoms with Crippen molar-refractivity contribution in [2.45, 2.75) is 0 Å². The third-order valence-electron chi connectivity index (χ3n) is 2.89. The van der Waals surface area contributed by atoms with Crippen LogP contribution in [0.3, 0.4) is 0 Å². The van der Waals surface area contributed by atoms with E-state index >= 15 is 0 Å². The summed E-state index contributed by atoms with van der Waals surface area (Å²) >= 11 is 0. The molecule has 0 unspecified atom stereocenters. The van der Waals surface area contributed by atoms with E-state index in [9.17, 15) is 9.59 Å². The van der Waals surface area contributed by atoms with Crippen molar-refractivity contribution in [2.75, 3.05) is 0 Å². The van der Waals surface area contributed by atoms with Gasteiger partial charge in [0, 0.05) is 5.39 Å². The first-order valence-corrected chi connectivity index (χ1v) is 4.89. The average Bonchev–Trinajstić information content (AvgIpc) is 2.75. The molecule has 1 aliphatic carbocycles. The van der Waals surface area contributed by atoms with Gasteiger partial charge in [0.25, 0.3) is 0 Å².